The smallest absolute Gasteiger partial charge is 0.0819 e. The molecule has 0 saturated heterocycles. The summed E-state index contributed by atoms with van der Waals surface area (Å²) in [6.07, 6.45) is 7.32. The summed E-state index contributed by atoms with van der Waals surface area (Å²) in [6.45, 7) is 0. The standard InChI is InChI=1S/C48H30N6/c1-5-13-43-35(9-1)36-10-2-6-14-44(36)53(43)33-21-17-31(18-22-33)47-39-29-49-27-25-41(39)52-48(40-30-50-28-26-42(40)51-47)32-19-23-34(24-20-32)54-45-15-7-3-11-37(45)38-12-4-8-16-46(38)54/h1-30H. The highest BCUT2D eigenvalue weighted by atomic mass is 15.0. The van der Waals surface area contributed by atoms with Gasteiger partial charge in [0.15, 0.2) is 0 Å². The highest BCUT2D eigenvalue weighted by molar-refractivity contribution is 6.22. The van der Waals surface area contributed by atoms with Crippen molar-refractivity contribution in [1.29, 1.82) is 0 Å². The van der Waals surface area contributed by atoms with Gasteiger partial charge in [-0.3, -0.25) is 9.97 Å². The van der Waals surface area contributed by atoms with Crippen molar-refractivity contribution in [2.75, 3.05) is 0 Å². The fourth-order valence-electron chi connectivity index (χ4n) is 8.07. The van der Waals surface area contributed by atoms with Gasteiger partial charge in [-0.15, -0.1) is 0 Å². The van der Waals surface area contributed by atoms with Crippen LogP contribution in [-0.4, -0.2) is 30.5 Å². The van der Waals surface area contributed by atoms with E-state index in [9.17, 15) is 0 Å². The Bertz CT molecular complexity index is 2820. The second kappa shape index (κ2) is 12.1. The predicted molar refractivity (Wildman–Crippen MR) is 221 cm³/mol. The van der Waals surface area contributed by atoms with Crippen LogP contribution in [0.3, 0.4) is 0 Å². The van der Waals surface area contributed by atoms with Crippen LogP contribution in [0.15, 0.2) is 192 Å². The highest BCUT2D eigenvalue weighted by Gasteiger charge is 2.22. The minimum atomic E-state index is 0.797. The van der Waals surface area contributed by atoms with Crippen LogP contribution in [0.25, 0.3) is 55.0 Å². The number of aromatic nitrogens is 4. The van der Waals surface area contributed by atoms with Crippen molar-refractivity contribution < 1.29 is 0 Å². The van der Waals surface area contributed by atoms with E-state index in [1.807, 2.05) is 24.5 Å². The molecule has 10 aromatic rings. The quantitative estimate of drug-likeness (QED) is 0.185. The first kappa shape index (κ1) is 30.2. The molecule has 6 heteroatoms. The Kier molecular flexibility index (Phi) is 6.75. The van der Waals surface area contributed by atoms with Crippen molar-refractivity contribution in [1.82, 2.24) is 19.1 Å². The third kappa shape index (κ3) is 4.67. The molecule has 54 heavy (non-hydrogen) atoms. The summed E-state index contributed by atoms with van der Waals surface area (Å²) < 4.78 is 4.65. The number of aliphatic imine (C=N–C) groups is 2. The number of para-hydroxylation sites is 4. The topological polar surface area (TPSA) is 60.4 Å². The Balaban J connectivity index is 1.02. The Morgan fingerprint density at radius 1 is 0.333 bits per heavy atom. The summed E-state index contributed by atoms with van der Waals surface area (Å²) in [7, 11) is 0. The van der Waals surface area contributed by atoms with Gasteiger partial charge in [0.1, 0.15) is 0 Å². The van der Waals surface area contributed by atoms with Crippen molar-refractivity contribution >= 4 is 66.4 Å². The Morgan fingerprint density at radius 3 is 1.02 bits per heavy atom. The summed E-state index contributed by atoms with van der Waals surface area (Å²) in [5, 5.41) is 4.95. The van der Waals surface area contributed by atoms with Crippen LogP contribution < -0.4 is 0 Å². The van der Waals surface area contributed by atoms with Gasteiger partial charge in [-0.25, -0.2) is 9.98 Å². The molecule has 5 heterocycles. The van der Waals surface area contributed by atoms with Gasteiger partial charge in [-0.05, 0) is 60.7 Å². The van der Waals surface area contributed by atoms with E-state index in [2.05, 4.69) is 165 Å². The molecule has 0 saturated carbocycles. The molecule has 0 radical (unpaired) electrons. The SMILES string of the molecule is c1ccc2c(c1)c1ccccc1n2-c1ccc(C2=Nc3ccncc3C(c3ccc(-n4c5ccccc5c5ccccc54)cc3)=Nc3ccncc32)cc1. The monoisotopic (exact) mass is 690 g/mol. The van der Waals surface area contributed by atoms with Gasteiger partial charge in [-0.1, -0.05) is 97.1 Å². The molecule has 0 aliphatic carbocycles. The van der Waals surface area contributed by atoms with E-state index < -0.39 is 0 Å². The van der Waals surface area contributed by atoms with Crippen LogP contribution in [0.4, 0.5) is 11.4 Å². The predicted octanol–water partition coefficient (Wildman–Crippen LogP) is 11.3. The molecule has 0 fully saturated rings. The van der Waals surface area contributed by atoms with Gasteiger partial charge in [0.05, 0.1) is 44.9 Å². The van der Waals surface area contributed by atoms with E-state index in [1.54, 1.807) is 12.4 Å². The number of pyridine rings is 2. The minimum Gasteiger partial charge on any atom is -0.309 e. The summed E-state index contributed by atoms with van der Waals surface area (Å²) in [5.74, 6) is 0. The fourth-order valence-corrected chi connectivity index (χ4v) is 8.07. The molecule has 252 valence electrons. The van der Waals surface area contributed by atoms with Crippen molar-refractivity contribution in [3.8, 4) is 11.4 Å². The van der Waals surface area contributed by atoms with E-state index in [0.717, 1.165) is 56.4 Å². The summed E-state index contributed by atoms with van der Waals surface area (Å²) in [6, 6.07) is 55.5. The van der Waals surface area contributed by atoms with E-state index in [1.165, 1.54) is 43.6 Å². The fraction of sp³-hybridized carbons (Fsp3) is 0. The largest absolute Gasteiger partial charge is 0.309 e. The zero-order valence-electron chi connectivity index (χ0n) is 29.0. The van der Waals surface area contributed by atoms with Crippen LogP contribution in [0.5, 0.6) is 0 Å². The van der Waals surface area contributed by atoms with Gasteiger partial charge in [0, 0.05) is 80.0 Å². The highest BCUT2D eigenvalue weighted by Crippen LogP contribution is 2.36. The molecule has 6 aromatic carbocycles. The molecule has 0 bridgehead atoms. The summed E-state index contributed by atoms with van der Waals surface area (Å²) >= 11 is 0. The van der Waals surface area contributed by atoms with E-state index in [4.69, 9.17) is 9.98 Å². The first-order chi connectivity index (χ1) is 26.8. The lowest BCUT2D eigenvalue weighted by Crippen LogP contribution is -2.11. The molecule has 4 aromatic heterocycles. The zero-order valence-corrected chi connectivity index (χ0v) is 29.0. The lowest BCUT2D eigenvalue weighted by Gasteiger charge is -2.18. The average Bonchev–Trinajstić information content (AvgIpc) is 3.75. The third-order valence-electron chi connectivity index (χ3n) is 10.5. The molecule has 0 N–H and O–H groups in total. The molecule has 6 nitrogen and oxygen atoms in total. The first-order valence-electron chi connectivity index (χ1n) is 18.0. The molecule has 0 spiro atoms. The number of rotatable bonds is 4. The molecule has 1 aliphatic heterocycles. The molecular weight excluding hydrogens is 661 g/mol. The Hall–Kier alpha value is -7.44. The van der Waals surface area contributed by atoms with E-state index in [-0.39, 0.29) is 0 Å². The molecule has 1 aliphatic rings. The van der Waals surface area contributed by atoms with Gasteiger partial charge in [-0.2, -0.15) is 0 Å². The van der Waals surface area contributed by atoms with Crippen molar-refractivity contribution in [3.63, 3.8) is 0 Å². The van der Waals surface area contributed by atoms with Gasteiger partial charge >= 0.3 is 0 Å². The minimum absolute atomic E-state index is 0.797. The number of hydrogen-bond acceptors (Lipinski definition) is 4. The summed E-state index contributed by atoms with van der Waals surface area (Å²) in [5.41, 5.74) is 13.8. The maximum absolute atomic E-state index is 5.35. The Labute approximate surface area is 310 Å². The third-order valence-corrected chi connectivity index (χ3v) is 10.5. The molecular formula is C48H30N6. The van der Waals surface area contributed by atoms with Crippen molar-refractivity contribution in [2.24, 2.45) is 9.98 Å². The second-order valence-electron chi connectivity index (χ2n) is 13.5. The molecule has 0 unspecified atom stereocenters. The van der Waals surface area contributed by atoms with E-state index in [0.29, 0.717) is 0 Å². The molecule has 0 atom stereocenters. The van der Waals surface area contributed by atoms with Crippen LogP contribution in [0, 0.1) is 0 Å². The lowest BCUT2D eigenvalue weighted by atomic mass is 9.97. The van der Waals surface area contributed by atoms with Crippen LogP contribution >= 0.6 is 0 Å². The van der Waals surface area contributed by atoms with Crippen molar-refractivity contribution in [2.45, 2.75) is 0 Å². The Morgan fingerprint density at radius 2 is 0.667 bits per heavy atom. The van der Waals surface area contributed by atoms with Crippen LogP contribution in [-0.2, 0) is 0 Å². The second-order valence-corrected chi connectivity index (χ2v) is 13.5. The van der Waals surface area contributed by atoms with E-state index >= 15 is 0 Å². The average molecular weight is 691 g/mol. The van der Waals surface area contributed by atoms with Gasteiger partial charge in [0.2, 0.25) is 0 Å². The van der Waals surface area contributed by atoms with Gasteiger partial charge < -0.3 is 9.13 Å². The normalized spacial score (nSPS) is 12.7. The van der Waals surface area contributed by atoms with Gasteiger partial charge in [0.25, 0.3) is 0 Å². The number of fused-ring (bicyclic) bond motifs is 8. The number of benzene rings is 6. The van der Waals surface area contributed by atoms with Crippen LogP contribution in [0.2, 0.25) is 0 Å². The molecule has 11 rings (SSSR count). The first-order valence-corrected chi connectivity index (χ1v) is 18.0. The maximum Gasteiger partial charge on any atom is 0.0819 e. The summed E-state index contributed by atoms with van der Waals surface area (Å²) in [4.78, 5) is 19.8. The number of hydrogen-bond donors (Lipinski definition) is 0. The van der Waals surface area contributed by atoms with Crippen LogP contribution in [0.1, 0.15) is 22.3 Å². The number of nitrogens with zero attached hydrogens (tertiary/aromatic N) is 6. The zero-order chi connectivity index (χ0) is 35.6. The lowest BCUT2D eigenvalue weighted by molar-refractivity contribution is 1.18. The van der Waals surface area contributed by atoms with Crippen molar-refractivity contribution in [3.05, 3.63) is 205 Å². The maximum atomic E-state index is 5.35. The molecule has 0 amide bonds.